The standard InChI is InChI=1S/C11H20N2Si.2ClH.Ti/c1-12-9-10-13(2)14(3,4)11-7-5-6-8-11;;;/h5-8H,9-10H2,1-4H3;2*1H;/q-1;;;+3/p-2. The number of allylic oxidation sites excluding steroid dienone is 4. The fourth-order valence-corrected chi connectivity index (χ4v) is 3.64. The van der Waals surface area contributed by atoms with E-state index in [0.29, 0.717) is 0 Å². The van der Waals surface area contributed by atoms with Gasteiger partial charge in [-0.2, -0.15) is 7.05 Å². The Morgan fingerprint density at radius 1 is 1.24 bits per heavy atom. The second-order valence-corrected chi connectivity index (χ2v) is 8.65. The fraction of sp³-hybridized carbons (Fsp3) is 0.545. The number of rotatable bonds is 5. The quantitative estimate of drug-likeness (QED) is 0.477. The van der Waals surface area contributed by atoms with E-state index in [1.54, 1.807) is 0 Å². The minimum absolute atomic E-state index is 0. The Balaban J connectivity index is -0.000000653. The Morgan fingerprint density at radius 3 is 2.24 bits per heavy atom. The molecule has 96 valence electrons. The predicted octanol–water partition coefficient (Wildman–Crippen LogP) is -3.63. The van der Waals surface area contributed by atoms with E-state index in [1.165, 1.54) is 5.20 Å². The van der Waals surface area contributed by atoms with Gasteiger partial charge in [-0.15, -0.1) is 6.54 Å². The molecule has 0 aromatic carbocycles. The predicted molar refractivity (Wildman–Crippen MR) is 65.8 cm³/mol. The third-order valence-corrected chi connectivity index (χ3v) is 6.86. The van der Waals surface area contributed by atoms with Crippen LogP contribution in [-0.2, 0) is 21.7 Å². The number of hydrogen-bond donors (Lipinski definition) is 0. The molecule has 1 rings (SSSR count). The van der Waals surface area contributed by atoms with E-state index in [2.05, 4.69) is 54.7 Å². The summed E-state index contributed by atoms with van der Waals surface area (Å²) in [5.41, 5.74) is 0. The van der Waals surface area contributed by atoms with Crippen LogP contribution in [0.2, 0.25) is 13.1 Å². The van der Waals surface area contributed by atoms with Crippen LogP contribution >= 0.6 is 0 Å². The molecule has 0 aromatic heterocycles. The molecule has 0 unspecified atom stereocenters. The van der Waals surface area contributed by atoms with Gasteiger partial charge in [0.15, 0.2) is 0 Å². The molecule has 0 aliphatic heterocycles. The minimum Gasteiger partial charge on any atom is -1.00 e. The molecule has 2 radical (unpaired) electrons. The van der Waals surface area contributed by atoms with Gasteiger partial charge >= 0.3 is 21.7 Å². The molecule has 0 N–H and O–H groups in total. The van der Waals surface area contributed by atoms with E-state index < -0.39 is 8.24 Å². The van der Waals surface area contributed by atoms with Crippen LogP contribution in [-0.4, -0.2) is 40.0 Å². The van der Waals surface area contributed by atoms with Crippen LogP contribution < -0.4 is 24.8 Å². The van der Waals surface area contributed by atoms with Crippen molar-refractivity contribution in [3.8, 4) is 0 Å². The summed E-state index contributed by atoms with van der Waals surface area (Å²) in [4.78, 5) is 0. The van der Waals surface area contributed by atoms with Crippen molar-refractivity contribution in [2.75, 3.05) is 27.2 Å². The molecule has 0 aromatic rings. The molecule has 0 saturated heterocycles. The van der Waals surface area contributed by atoms with Crippen molar-refractivity contribution in [3.63, 3.8) is 0 Å². The number of nitrogens with zero attached hydrogens (tertiary/aromatic N) is 2. The minimum atomic E-state index is -1.39. The summed E-state index contributed by atoms with van der Waals surface area (Å²) in [5.74, 6) is 0. The van der Waals surface area contributed by atoms with Gasteiger partial charge in [0, 0.05) is 6.42 Å². The summed E-state index contributed by atoms with van der Waals surface area (Å²) in [6.07, 6.45) is 8.74. The van der Waals surface area contributed by atoms with E-state index in [1.807, 2.05) is 7.05 Å². The van der Waals surface area contributed by atoms with Gasteiger partial charge in [-0.25, -0.2) is 0 Å². The zero-order valence-corrected chi connectivity index (χ0v) is 14.9. The molecule has 0 atom stereocenters. The zero-order valence-electron chi connectivity index (χ0n) is 10.9. The molecular formula is C11H20Cl2N2SiTi. The smallest absolute Gasteiger partial charge is 1.00 e. The van der Waals surface area contributed by atoms with Crippen molar-refractivity contribution < 1.29 is 46.5 Å². The third-order valence-electron chi connectivity index (χ3n) is 2.98. The van der Waals surface area contributed by atoms with Crippen molar-refractivity contribution in [1.29, 1.82) is 0 Å². The molecule has 0 fully saturated rings. The van der Waals surface area contributed by atoms with Gasteiger partial charge in [0.05, 0.1) is 0 Å². The molecule has 1 aliphatic rings. The van der Waals surface area contributed by atoms with Crippen LogP contribution in [0.3, 0.4) is 0 Å². The molecule has 1 aliphatic carbocycles. The largest absolute Gasteiger partial charge is 3.00 e. The Kier molecular flexibility index (Phi) is 14.6. The van der Waals surface area contributed by atoms with E-state index in [4.69, 9.17) is 0 Å². The van der Waals surface area contributed by atoms with Gasteiger partial charge in [-0.05, 0) is 13.6 Å². The maximum atomic E-state index is 4.15. The molecule has 0 saturated carbocycles. The van der Waals surface area contributed by atoms with Crippen molar-refractivity contribution in [3.05, 3.63) is 35.2 Å². The Hall–Kier alpha value is 0.911. The van der Waals surface area contributed by atoms with Gasteiger partial charge in [0.25, 0.3) is 0 Å². The first-order valence-corrected chi connectivity index (χ1v) is 8.03. The molecule has 17 heavy (non-hydrogen) atoms. The van der Waals surface area contributed by atoms with Crippen molar-refractivity contribution in [2.45, 2.75) is 13.1 Å². The Bertz CT molecular complexity index is 258. The molecule has 0 spiro atoms. The van der Waals surface area contributed by atoms with Gasteiger partial charge in [-0.1, -0.05) is 36.5 Å². The summed E-state index contributed by atoms with van der Waals surface area (Å²) in [7, 11) is 2.70. The maximum Gasteiger partial charge on any atom is 3.00 e. The molecule has 6 heteroatoms. The molecule has 2 nitrogen and oxygen atoms in total. The Labute approximate surface area is 134 Å². The average Bonchev–Trinajstić information content (AvgIpc) is 2.67. The summed E-state index contributed by atoms with van der Waals surface area (Å²) >= 11 is 0. The van der Waals surface area contributed by atoms with Crippen LogP contribution in [0.25, 0.3) is 5.32 Å². The molecule has 0 heterocycles. The van der Waals surface area contributed by atoms with Crippen LogP contribution in [0.15, 0.2) is 23.4 Å². The molecule has 0 bridgehead atoms. The summed E-state index contributed by atoms with van der Waals surface area (Å²) in [6, 6.07) is 0. The second kappa shape index (κ2) is 10.8. The van der Waals surface area contributed by atoms with Crippen molar-refractivity contribution >= 4 is 8.24 Å². The normalized spacial score (nSPS) is 13.6. The van der Waals surface area contributed by atoms with Crippen molar-refractivity contribution in [2.24, 2.45) is 0 Å². The molecule has 0 amide bonds. The topological polar surface area (TPSA) is 17.3 Å². The number of likely N-dealkylation sites (N-methyl/N-ethyl adjacent to an activating group) is 2. The number of halogens is 2. The average molecular weight is 327 g/mol. The van der Waals surface area contributed by atoms with E-state index in [-0.39, 0.29) is 46.5 Å². The zero-order chi connectivity index (χ0) is 10.6. The fourth-order valence-electron chi connectivity index (χ4n) is 1.53. The van der Waals surface area contributed by atoms with E-state index >= 15 is 0 Å². The third kappa shape index (κ3) is 6.58. The monoisotopic (exact) mass is 326 g/mol. The summed E-state index contributed by atoms with van der Waals surface area (Å²) < 4.78 is 2.48. The van der Waals surface area contributed by atoms with Gasteiger partial charge in [0.1, 0.15) is 8.24 Å². The first kappa shape index (κ1) is 23.0. The van der Waals surface area contributed by atoms with Gasteiger partial charge in [-0.3, -0.25) is 0 Å². The van der Waals surface area contributed by atoms with Crippen LogP contribution in [0.1, 0.15) is 0 Å². The SMILES string of the molecule is C[N-]CCN(C)[Si](C)(C)C1=CC=C[CH]1.[Cl-].[Cl-].[Ti+3]. The Morgan fingerprint density at radius 2 is 1.82 bits per heavy atom. The number of hydrogen-bond acceptors (Lipinski definition) is 1. The van der Waals surface area contributed by atoms with E-state index in [0.717, 1.165) is 13.1 Å². The first-order valence-electron chi connectivity index (χ1n) is 5.08. The maximum absolute atomic E-state index is 4.15. The van der Waals surface area contributed by atoms with Gasteiger partial charge < -0.3 is 34.7 Å². The summed E-state index contributed by atoms with van der Waals surface area (Å²) in [6.45, 7) is 6.78. The van der Waals surface area contributed by atoms with Crippen molar-refractivity contribution in [1.82, 2.24) is 4.57 Å². The van der Waals surface area contributed by atoms with Gasteiger partial charge in [0.2, 0.25) is 0 Å². The molecular weight excluding hydrogens is 307 g/mol. The summed E-state index contributed by atoms with van der Waals surface area (Å²) in [5, 5.41) is 5.66. The van der Waals surface area contributed by atoms with Crippen LogP contribution in [0.5, 0.6) is 0 Å². The second-order valence-electron chi connectivity index (χ2n) is 4.19. The first-order chi connectivity index (χ1) is 6.59. The van der Waals surface area contributed by atoms with Crippen LogP contribution in [0.4, 0.5) is 0 Å². The van der Waals surface area contributed by atoms with E-state index in [9.17, 15) is 0 Å². The van der Waals surface area contributed by atoms with Crippen LogP contribution in [0, 0.1) is 6.42 Å².